The lowest BCUT2D eigenvalue weighted by atomic mass is 9.85. The van der Waals surface area contributed by atoms with Crippen LogP contribution < -0.4 is 5.32 Å². The van der Waals surface area contributed by atoms with Gasteiger partial charge in [0.05, 0.1) is 0 Å². The van der Waals surface area contributed by atoms with E-state index in [0.717, 1.165) is 24.2 Å². The van der Waals surface area contributed by atoms with Gasteiger partial charge in [0, 0.05) is 42.8 Å². The molecule has 1 saturated heterocycles. The molecule has 2 aliphatic rings. The summed E-state index contributed by atoms with van der Waals surface area (Å²) in [7, 11) is 0. The van der Waals surface area contributed by atoms with Gasteiger partial charge in [0.1, 0.15) is 12.1 Å². The van der Waals surface area contributed by atoms with Crippen LogP contribution in [-0.4, -0.2) is 37.5 Å². The Bertz CT molecular complexity index is 729. The average Bonchev–Trinajstić information content (AvgIpc) is 3.27. The molecule has 0 bridgehead atoms. The molecule has 0 aromatic carbocycles. The van der Waals surface area contributed by atoms with Crippen molar-refractivity contribution in [2.24, 2.45) is 5.92 Å². The van der Waals surface area contributed by atoms with E-state index < -0.39 is 0 Å². The molecule has 2 aromatic rings. The maximum atomic E-state index is 12.9. The first-order chi connectivity index (χ1) is 12.2. The van der Waals surface area contributed by atoms with Crippen LogP contribution in [-0.2, 0) is 6.54 Å². The second-order valence-corrected chi connectivity index (χ2v) is 7.22. The van der Waals surface area contributed by atoms with E-state index in [1.54, 1.807) is 18.7 Å². The van der Waals surface area contributed by atoms with Gasteiger partial charge in [-0.1, -0.05) is 18.9 Å². The zero-order valence-corrected chi connectivity index (χ0v) is 14.6. The van der Waals surface area contributed by atoms with Crippen LogP contribution in [0.15, 0.2) is 37.1 Å². The summed E-state index contributed by atoms with van der Waals surface area (Å²) in [5.74, 6) is 1.50. The van der Waals surface area contributed by atoms with Crippen LogP contribution in [0.25, 0.3) is 5.82 Å². The van der Waals surface area contributed by atoms with E-state index >= 15 is 0 Å². The second kappa shape index (κ2) is 6.86. The van der Waals surface area contributed by atoms with Gasteiger partial charge in [-0.2, -0.15) is 0 Å². The van der Waals surface area contributed by atoms with Gasteiger partial charge in [-0.3, -0.25) is 4.57 Å². The third kappa shape index (κ3) is 3.13. The summed E-state index contributed by atoms with van der Waals surface area (Å²) in [6.07, 6.45) is 13.2. The van der Waals surface area contributed by atoms with Crippen LogP contribution >= 0.6 is 0 Å². The predicted octanol–water partition coefficient (Wildman–Crippen LogP) is 3.13. The number of carbonyl (C=O) groups excluding carboxylic acids is 1. The number of aromatic nitrogens is 3. The fraction of sp³-hybridized carbons (Fsp3) is 0.526. The minimum Gasteiger partial charge on any atom is -0.334 e. The number of nitrogens with zero attached hydrogens (tertiary/aromatic N) is 4. The third-order valence-electron chi connectivity index (χ3n) is 5.63. The number of nitrogens with one attached hydrogen (secondary N) is 1. The summed E-state index contributed by atoms with van der Waals surface area (Å²) < 4.78 is 1.87. The summed E-state index contributed by atoms with van der Waals surface area (Å²) in [5.41, 5.74) is 0.987. The van der Waals surface area contributed by atoms with E-state index in [0.29, 0.717) is 24.5 Å². The summed E-state index contributed by atoms with van der Waals surface area (Å²) in [6.45, 7) is 2.65. The molecule has 2 fully saturated rings. The SMILES string of the molecule is CC1CC2CCCCC2N1C(=O)NCc1cccnc1-n1ccnc1. The molecule has 1 aliphatic heterocycles. The average molecular weight is 339 g/mol. The first-order valence-corrected chi connectivity index (χ1v) is 9.22. The number of carbonyl (C=O) groups is 1. The normalized spacial score (nSPS) is 25.6. The van der Waals surface area contributed by atoms with Gasteiger partial charge in [0.15, 0.2) is 0 Å². The molecule has 2 aromatic heterocycles. The molecule has 3 unspecified atom stereocenters. The van der Waals surface area contributed by atoms with Crippen molar-refractivity contribution in [2.45, 2.75) is 57.7 Å². The number of pyridine rings is 1. The fourth-order valence-corrected chi connectivity index (χ4v) is 4.51. The third-order valence-corrected chi connectivity index (χ3v) is 5.63. The molecule has 2 amide bonds. The highest BCUT2D eigenvalue weighted by atomic mass is 16.2. The number of hydrogen-bond acceptors (Lipinski definition) is 3. The van der Waals surface area contributed by atoms with Crippen LogP contribution in [0, 0.1) is 5.92 Å². The highest BCUT2D eigenvalue weighted by Gasteiger charge is 2.42. The van der Waals surface area contributed by atoms with Crippen molar-refractivity contribution < 1.29 is 4.79 Å². The molecule has 6 nitrogen and oxygen atoms in total. The highest BCUT2D eigenvalue weighted by Crippen LogP contribution is 2.39. The van der Waals surface area contributed by atoms with Crippen molar-refractivity contribution in [3.05, 3.63) is 42.6 Å². The Hall–Kier alpha value is -2.37. The number of amides is 2. The lowest BCUT2D eigenvalue weighted by Crippen LogP contribution is -2.47. The van der Waals surface area contributed by atoms with Crippen molar-refractivity contribution in [1.29, 1.82) is 0 Å². The highest BCUT2D eigenvalue weighted by molar-refractivity contribution is 5.75. The molecule has 1 aliphatic carbocycles. The second-order valence-electron chi connectivity index (χ2n) is 7.22. The van der Waals surface area contributed by atoms with Crippen LogP contribution in [0.3, 0.4) is 0 Å². The summed E-state index contributed by atoms with van der Waals surface area (Å²) in [6, 6.07) is 4.71. The first kappa shape index (κ1) is 16.1. The Balaban J connectivity index is 1.46. The van der Waals surface area contributed by atoms with Gasteiger partial charge < -0.3 is 10.2 Å². The molecule has 3 atom stereocenters. The molecule has 3 heterocycles. The van der Waals surface area contributed by atoms with Gasteiger partial charge in [-0.15, -0.1) is 0 Å². The van der Waals surface area contributed by atoms with Crippen molar-refractivity contribution in [3.63, 3.8) is 0 Å². The molecule has 1 N–H and O–H groups in total. The van der Waals surface area contributed by atoms with Gasteiger partial charge in [0.25, 0.3) is 0 Å². The van der Waals surface area contributed by atoms with Crippen molar-refractivity contribution in [1.82, 2.24) is 24.8 Å². The molecule has 0 radical (unpaired) electrons. The minimum atomic E-state index is 0.0577. The molecular weight excluding hydrogens is 314 g/mol. The molecular formula is C19H25N5O. The Morgan fingerprint density at radius 3 is 3.04 bits per heavy atom. The zero-order valence-electron chi connectivity index (χ0n) is 14.6. The number of likely N-dealkylation sites (tertiary alicyclic amines) is 1. The fourth-order valence-electron chi connectivity index (χ4n) is 4.51. The number of hydrogen-bond donors (Lipinski definition) is 1. The maximum absolute atomic E-state index is 12.9. The largest absolute Gasteiger partial charge is 0.334 e. The van der Waals surface area contributed by atoms with E-state index in [9.17, 15) is 4.79 Å². The molecule has 6 heteroatoms. The van der Waals surface area contributed by atoms with Crippen LogP contribution in [0.5, 0.6) is 0 Å². The number of urea groups is 1. The summed E-state index contributed by atoms with van der Waals surface area (Å²) in [4.78, 5) is 23.5. The topological polar surface area (TPSA) is 63.1 Å². The van der Waals surface area contributed by atoms with Crippen molar-refractivity contribution >= 4 is 6.03 Å². The first-order valence-electron chi connectivity index (χ1n) is 9.22. The lowest BCUT2D eigenvalue weighted by Gasteiger charge is -2.33. The zero-order chi connectivity index (χ0) is 17.2. The van der Waals surface area contributed by atoms with Gasteiger partial charge in [0.2, 0.25) is 0 Å². The van der Waals surface area contributed by atoms with Crippen molar-refractivity contribution in [2.75, 3.05) is 0 Å². The van der Waals surface area contributed by atoms with Crippen LogP contribution in [0.2, 0.25) is 0 Å². The van der Waals surface area contributed by atoms with Crippen LogP contribution in [0.1, 0.15) is 44.6 Å². The van der Waals surface area contributed by atoms with E-state index in [4.69, 9.17) is 0 Å². The number of fused-ring (bicyclic) bond motifs is 1. The Morgan fingerprint density at radius 1 is 1.32 bits per heavy atom. The Kier molecular flexibility index (Phi) is 4.42. The monoisotopic (exact) mass is 339 g/mol. The van der Waals surface area contributed by atoms with E-state index in [1.165, 1.54) is 19.3 Å². The van der Waals surface area contributed by atoms with E-state index in [1.807, 2.05) is 22.9 Å². The van der Waals surface area contributed by atoms with Gasteiger partial charge >= 0.3 is 6.03 Å². The molecule has 1 saturated carbocycles. The number of rotatable bonds is 3. The minimum absolute atomic E-state index is 0.0577. The number of imidazole rings is 1. The Labute approximate surface area is 148 Å². The smallest absolute Gasteiger partial charge is 0.318 e. The summed E-state index contributed by atoms with van der Waals surface area (Å²) in [5, 5.41) is 3.12. The van der Waals surface area contributed by atoms with E-state index in [-0.39, 0.29) is 6.03 Å². The van der Waals surface area contributed by atoms with Crippen LogP contribution in [0.4, 0.5) is 4.79 Å². The predicted molar refractivity (Wildman–Crippen MR) is 95.3 cm³/mol. The molecule has 132 valence electrons. The molecule has 4 rings (SSSR count). The van der Waals surface area contributed by atoms with Gasteiger partial charge in [-0.25, -0.2) is 14.8 Å². The standard InChI is InChI=1S/C19H25N5O/c1-14-11-15-5-2-3-7-17(15)24(14)19(25)22-12-16-6-4-8-21-18(16)23-10-9-20-13-23/h4,6,8-10,13-15,17H,2-3,5,7,11-12H2,1H3,(H,22,25). The van der Waals surface area contributed by atoms with Gasteiger partial charge in [-0.05, 0) is 38.2 Å². The van der Waals surface area contributed by atoms with Crippen molar-refractivity contribution in [3.8, 4) is 5.82 Å². The molecule has 0 spiro atoms. The summed E-state index contributed by atoms with van der Waals surface area (Å²) >= 11 is 0. The van der Waals surface area contributed by atoms with E-state index in [2.05, 4.69) is 27.1 Å². The maximum Gasteiger partial charge on any atom is 0.318 e. The Morgan fingerprint density at radius 2 is 2.20 bits per heavy atom. The molecule has 25 heavy (non-hydrogen) atoms. The lowest BCUT2D eigenvalue weighted by molar-refractivity contribution is 0.155. The quantitative estimate of drug-likeness (QED) is 0.934.